The number of morpholine rings is 1. The molecule has 0 saturated carbocycles. The summed E-state index contributed by atoms with van der Waals surface area (Å²) in [5, 5.41) is 0. The molecule has 0 aliphatic carbocycles. The molecule has 6 heteroatoms. The summed E-state index contributed by atoms with van der Waals surface area (Å²) in [5.41, 5.74) is 0.491. The van der Waals surface area contributed by atoms with Crippen LogP contribution in [0.4, 0.5) is 0 Å². The van der Waals surface area contributed by atoms with E-state index in [1.165, 1.54) is 7.11 Å². The number of para-hydroxylation sites is 1. The Hall–Kier alpha value is -2.08. The molecule has 1 aromatic rings. The van der Waals surface area contributed by atoms with E-state index >= 15 is 0 Å². The van der Waals surface area contributed by atoms with Gasteiger partial charge < -0.3 is 19.1 Å². The van der Waals surface area contributed by atoms with Crippen molar-refractivity contribution in [3.63, 3.8) is 0 Å². The molecule has 1 saturated heterocycles. The molecule has 0 radical (unpaired) electrons. The van der Waals surface area contributed by atoms with Crippen LogP contribution in [0.25, 0.3) is 0 Å². The van der Waals surface area contributed by atoms with E-state index in [1.54, 1.807) is 23.1 Å². The highest BCUT2D eigenvalue weighted by Gasteiger charge is 2.31. The van der Waals surface area contributed by atoms with Gasteiger partial charge in [-0.3, -0.25) is 4.79 Å². The Balaban J connectivity index is 2.14. The average molecular weight is 293 g/mol. The van der Waals surface area contributed by atoms with Gasteiger partial charge in [0.15, 0.2) is 6.10 Å². The van der Waals surface area contributed by atoms with Gasteiger partial charge in [-0.05, 0) is 19.1 Å². The van der Waals surface area contributed by atoms with E-state index in [0.29, 0.717) is 31.1 Å². The van der Waals surface area contributed by atoms with Gasteiger partial charge in [0.05, 0.1) is 32.4 Å². The minimum atomic E-state index is -0.730. The predicted molar refractivity (Wildman–Crippen MR) is 75.3 cm³/mol. The SMILES string of the molecule is CCOc1ccccc1C(=O)N1CCOC(C(=O)OC)C1. The standard InChI is InChI=1S/C15H19NO5/c1-3-20-12-7-5-4-6-11(12)14(17)16-8-9-21-13(10-16)15(18)19-2/h4-7,13H,3,8-10H2,1-2H3. The zero-order valence-corrected chi connectivity index (χ0v) is 12.2. The molecule has 0 spiro atoms. The number of hydrogen-bond donors (Lipinski definition) is 0. The molecule has 1 aliphatic rings. The maximum Gasteiger partial charge on any atom is 0.336 e. The second kappa shape index (κ2) is 7.08. The van der Waals surface area contributed by atoms with Crippen LogP contribution in [0.5, 0.6) is 5.75 Å². The molecular weight excluding hydrogens is 274 g/mol. The largest absolute Gasteiger partial charge is 0.493 e. The zero-order chi connectivity index (χ0) is 15.2. The van der Waals surface area contributed by atoms with Gasteiger partial charge in [0.1, 0.15) is 5.75 Å². The Labute approximate surface area is 123 Å². The lowest BCUT2D eigenvalue weighted by atomic mass is 10.1. The number of methoxy groups -OCH3 is 1. The number of benzene rings is 1. The van der Waals surface area contributed by atoms with Crippen LogP contribution < -0.4 is 4.74 Å². The van der Waals surface area contributed by atoms with Gasteiger partial charge in [0.25, 0.3) is 5.91 Å². The molecule has 21 heavy (non-hydrogen) atoms. The second-order valence-electron chi connectivity index (χ2n) is 4.56. The lowest BCUT2D eigenvalue weighted by Gasteiger charge is -2.31. The minimum Gasteiger partial charge on any atom is -0.493 e. The van der Waals surface area contributed by atoms with Gasteiger partial charge in [-0.1, -0.05) is 12.1 Å². The summed E-state index contributed by atoms with van der Waals surface area (Å²) in [7, 11) is 1.30. The van der Waals surface area contributed by atoms with Crippen molar-refractivity contribution in [1.29, 1.82) is 0 Å². The van der Waals surface area contributed by atoms with E-state index in [-0.39, 0.29) is 12.5 Å². The van der Waals surface area contributed by atoms with Crippen LogP contribution >= 0.6 is 0 Å². The van der Waals surface area contributed by atoms with E-state index in [0.717, 1.165) is 0 Å². The summed E-state index contributed by atoms with van der Waals surface area (Å²) in [6, 6.07) is 7.08. The van der Waals surface area contributed by atoms with Crippen LogP contribution in [0.2, 0.25) is 0 Å². The molecule has 2 rings (SSSR count). The first kappa shape index (κ1) is 15.3. The first-order chi connectivity index (χ1) is 10.2. The molecule has 1 aliphatic heterocycles. The number of carbonyl (C=O) groups is 2. The van der Waals surface area contributed by atoms with Gasteiger partial charge in [0.2, 0.25) is 0 Å². The van der Waals surface area contributed by atoms with Crippen molar-refractivity contribution in [2.24, 2.45) is 0 Å². The minimum absolute atomic E-state index is 0.170. The first-order valence-corrected chi connectivity index (χ1v) is 6.88. The zero-order valence-electron chi connectivity index (χ0n) is 12.2. The maximum absolute atomic E-state index is 12.6. The summed E-state index contributed by atoms with van der Waals surface area (Å²) in [5.74, 6) is -0.0899. The molecule has 0 N–H and O–H groups in total. The average Bonchev–Trinajstić information content (AvgIpc) is 2.54. The first-order valence-electron chi connectivity index (χ1n) is 6.88. The third-order valence-corrected chi connectivity index (χ3v) is 3.24. The van der Waals surface area contributed by atoms with Gasteiger partial charge in [-0.2, -0.15) is 0 Å². The summed E-state index contributed by atoms with van der Waals surface area (Å²) in [6.45, 7) is 3.28. The molecule has 1 unspecified atom stereocenters. The predicted octanol–water partition coefficient (Wildman–Crippen LogP) is 1.10. The third-order valence-electron chi connectivity index (χ3n) is 3.24. The molecule has 0 bridgehead atoms. The van der Waals surface area contributed by atoms with Crippen LogP contribution in [-0.4, -0.2) is 56.3 Å². The highest BCUT2D eigenvalue weighted by molar-refractivity contribution is 5.97. The van der Waals surface area contributed by atoms with E-state index in [1.807, 2.05) is 13.0 Å². The molecule has 1 heterocycles. The Morgan fingerprint density at radius 1 is 1.38 bits per heavy atom. The third kappa shape index (κ3) is 3.52. The summed E-state index contributed by atoms with van der Waals surface area (Å²) < 4.78 is 15.5. The maximum atomic E-state index is 12.6. The quantitative estimate of drug-likeness (QED) is 0.778. The molecule has 1 fully saturated rings. The van der Waals surface area contributed by atoms with Gasteiger partial charge in [-0.25, -0.2) is 4.79 Å². The normalized spacial score (nSPS) is 18.2. The molecule has 6 nitrogen and oxygen atoms in total. The van der Waals surface area contributed by atoms with Gasteiger partial charge in [0, 0.05) is 6.54 Å². The molecule has 0 aromatic heterocycles. The summed E-state index contributed by atoms with van der Waals surface area (Å²) in [6.07, 6.45) is -0.730. The topological polar surface area (TPSA) is 65.1 Å². The Morgan fingerprint density at radius 3 is 2.86 bits per heavy atom. The van der Waals surface area contributed by atoms with E-state index in [4.69, 9.17) is 9.47 Å². The molecule has 1 aromatic carbocycles. The number of rotatable bonds is 4. The summed E-state index contributed by atoms with van der Waals surface area (Å²) >= 11 is 0. The van der Waals surface area contributed by atoms with Gasteiger partial charge >= 0.3 is 5.97 Å². The highest BCUT2D eigenvalue weighted by atomic mass is 16.6. The van der Waals surface area contributed by atoms with E-state index in [9.17, 15) is 9.59 Å². The fourth-order valence-corrected chi connectivity index (χ4v) is 2.20. The van der Waals surface area contributed by atoms with Crippen LogP contribution in [0.3, 0.4) is 0 Å². The number of hydrogen-bond acceptors (Lipinski definition) is 5. The molecule has 1 atom stereocenters. The van der Waals surface area contributed by atoms with E-state index in [2.05, 4.69) is 4.74 Å². The lowest BCUT2D eigenvalue weighted by Crippen LogP contribution is -2.49. The van der Waals surface area contributed by atoms with E-state index < -0.39 is 12.1 Å². The second-order valence-corrected chi connectivity index (χ2v) is 4.56. The number of carbonyl (C=O) groups excluding carboxylic acids is 2. The molecule has 114 valence electrons. The van der Waals surface area contributed by atoms with Crippen molar-refractivity contribution >= 4 is 11.9 Å². The Morgan fingerprint density at radius 2 is 2.14 bits per heavy atom. The number of esters is 1. The number of amides is 1. The van der Waals surface area contributed by atoms with Crippen LogP contribution in [0.15, 0.2) is 24.3 Å². The smallest absolute Gasteiger partial charge is 0.336 e. The van der Waals surface area contributed by atoms with Crippen LogP contribution in [0.1, 0.15) is 17.3 Å². The molecule has 1 amide bonds. The Kier molecular flexibility index (Phi) is 5.16. The van der Waals surface area contributed by atoms with Crippen LogP contribution in [-0.2, 0) is 14.3 Å². The number of nitrogens with zero attached hydrogens (tertiary/aromatic N) is 1. The van der Waals surface area contributed by atoms with Crippen molar-refractivity contribution < 1.29 is 23.8 Å². The van der Waals surface area contributed by atoms with Crippen molar-refractivity contribution in [2.45, 2.75) is 13.0 Å². The fourth-order valence-electron chi connectivity index (χ4n) is 2.20. The fraction of sp³-hybridized carbons (Fsp3) is 0.467. The van der Waals surface area contributed by atoms with Crippen molar-refractivity contribution in [3.05, 3.63) is 29.8 Å². The van der Waals surface area contributed by atoms with Crippen molar-refractivity contribution in [1.82, 2.24) is 4.90 Å². The van der Waals surface area contributed by atoms with Crippen molar-refractivity contribution in [3.8, 4) is 5.75 Å². The monoisotopic (exact) mass is 293 g/mol. The Bertz CT molecular complexity index is 517. The highest BCUT2D eigenvalue weighted by Crippen LogP contribution is 2.21. The van der Waals surface area contributed by atoms with Gasteiger partial charge in [-0.15, -0.1) is 0 Å². The number of ether oxygens (including phenoxy) is 3. The lowest BCUT2D eigenvalue weighted by molar-refractivity contribution is -0.158. The van der Waals surface area contributed by atoms with Crippen LogP contribution in [0, 0.1) is 0 Å². The van der Waals surface area contributed by atoms with Crippen molar-refractivity contribution in [2.75, 3.05) is 33.4 Å². The molecular formula is C15H19NO5. The summed E-state index contributed by atoms with van der Waals surface area (Å²) in [4.78, 5) is 25.7.